The number of hydrogen-bond acceptors (Lipinski definition) is 4. The number of primary amides is 1. The van der Waals surface area contributed by atoms with E-state index in [4.69, 9.17) is 11.5 Å². The van der Waals surface area contributed by atoms with E-state index in [1.807, 2.05) is 0 Å². The number of rotatable bonds is 6. The van der Waals surface area contributed by atoms with E-state index < -0.39 is 23.8 Å². The number of carbonyl (C=O) groups is 3. The lowest BCUT2D eigenvalue weighted by Gasteiger charge is -2.24. The second-order valence-electron chi connectivity index (χ2n) is 6.47. The fourth-order valence-corrected chi connectivity index (χ4v) is 3.27. The smallest absolute Gasteiger partial charge is 0.264 e. The van der Waals surface area contributed by atoms with Gasteiger partial charge in [-0.25, -0.2) is 0 Å². The van der Waals surface area contributed by atoms with Gasteiger partial charge in [0, 0.05) is 6.54 Å². The highest BCUT2D eigenvalue weighted by molar-refractivity contribution is 5.98. The summed E-state index contributed by atoms with van der Waals surface area (Å²) in [7, 11) is 0. The van der Waals surface area contributed by atoms with Crippen molar-refractivity contribution in [2.45, 2.75) is 51.0 Å². The van der Waals surface area contributed by atoms with Crippen molar-refractivity contribution < 1.29 is 14.4 Å². The molecule has 0 aromatic rings. The van der Waals surface area contributed by atoms with Crippen molar-refractivity contribution in [1.29, 1.82) is 0 Å². The summed E-state index contributed by atoms with van der Waals surface area (Å²) in [6, 6.07) is -0.668. The Balaban J connectivity index is 1.92. The maximum atomic E-state index is 12.2. The standard InChI is InChI=1S/C16H26N4O3/c17-12(8-10-4-2-1-3-5-10)16(23)20-13(14(18)21)9-11-6-7-19-15(11)22/h9-12H,1-8,17H2,(H2,18,21)(H,19,22)(H,20,23)/t11?,12-/m0/s1. The number of carbonyl (C=O) groups excluding carboxylic acids is 3. The molecule has 1 saturated carbocycles. The monoisotopic (exact) mass is 322 g/mol. The van der Waals surface area contributed by atoms with Gasteiger partial charge in [0.05, 0.1) is 12.0 Å². The summed E-state index contributed by atoms with van der Waals surface area (Å²) in [6.45, 7) is 0.557. The van der Waals surface area contributed by atoms with Gasteiger partial charge in [0.1, 0.15) is 5.70 Å². The van der Waals surface area contributed by atoms with Crippen LogP contribution in [0.2, 0.25) is 0 Å². The van der Waals surface area contributed by atoms with Gasteiger partial charge in [-0.1, -0.05) is 32.1 Å². The Morgan fingerprint density at radius 3 is 2.52 bits per heavy atom. The SMILES string of the molecule is NC(=O)C(=CC1CCNC1=O)NC(=O)[C@@H](N)CC1CCCCC1. The third kappa shape index (κ3) is 5.06. The first kappa shape index (κ1) is 17.5. The molecule has 128 valence electrons. The van der Waals surface area contributed by atoms with Gasteiger partial charge < -0.3 is 22.1 Å². The third-order valence-electron chi connectivity index (χ3n) is 4.63. The summed E-state index contributed by atoms with van der Waals surface area (Å²) < 4.78 is 0. The molecule has 2 rings (SSSR count). The predicted molar refractivity (Wildman–Crippen MR) is 85.7 cm³/mol. The van der Waals surface area contributed by atoms with Crippen LogP contribution in [-0.4, -0.2) is 30.3 Å². The molecule has 0 aromatic heterocycles. The van der Waals surface area contributed by atoms with Crippen LogP contribution in [-0.2, 0) is 14.4 Å². The molecule has 2 atom stereocenters. The van der Waals surface area contributed by atoms with Crippen LogP contribution in [0, 0.1) is 11.8 Å². The van der Waals surface area contributed by atoms with Crippen LogP contribution in [0.1, 0.15) is 44.9 Å². The van der Waals surface area contributed by atoms with E-state index in [1.165, 1.54) is 25.3 Å². The normalized spacial score (nSPS) is 24.1. The van der Waals surface area contributed by atoms with E-state index in [2.05, 4.69) is 10.6 Å². The van der Waals surface area contributed by atoms with Crippen LogP contribution in [0.4, 0.5) is 0 Å². The topological polar surface area (TPSA) is 127 Å². The van der Waals surface area contributed by atoms with Gasteiger partial charge in [-0.05, 0) is 24.8 Å². The zero-order valence-corrected chi connectivity index (χ0v) is 13.3. The van der Waals surface area contributed by atoms with Crippen molar-refractivity contribution >= 4 is 17.7 Å². The first-order chi connectivity index (χ1) is 11.0. The van der Waals surface area contributed by atoms with E-state index in [0.29, 0.717) is 25.3 Å². The van der Waals surface area contributed by atoms with Crippen LogP contribution in [0.15, 0.2) is 11.8 Å². The van der Waals surface area contributed by atoms with Gasteiger partial charge in [-0.3, -0.25) is 14.4 Å². The van der Waals surface area contributed by atoms with E-state index in [0.717, 1.165) is 12.8 Å². The maximum Gasteiger partial charge on any atom is 0.264 e. The number of nitrogens with two attached hydrogens (primary N) is 2. The largest absolute Gasteiger partial charge is 0.364 e. The second-order valence-corrected chi connectivity index (χ2v) is 6.47. The molecular weight excluding hydrogens is 296 g/mol. The minimum Gasteiger partial charge on any atom is -0.364 e. The van der Waals surface area contributed by atoms with Crippen LogP contribution >= 0.6 is 0 Å². The van der Waals surface area contributed by atoms with Crippen LogP contribution in [0.3, 0.4) is 0 Å². The van der Waals surface area contributed by atoms with Gasteiger partial charge in [-0.15, -0.1) is 0 Å². The van der Waals surface area contributed by atoms with Gasteiger partial charge in [0.15, 0.2) is 0 Å². The molecule has 1 aliphatic heterocycles. The van der Waals surface area contributed by atoms with Crippen molar-refractivity contribution in [2.24, 2.45) is 23.3 Å². The number of nitrogens with one attached hydrogen (secondary N) is 2. The number of hydrogen-bond donors (Lipinski definition) is 4. The van der Waals surface area contributed by atoms with Crippen LogP contribution < -0.4 is 22.1 Å². The Morgan fingerprint density at radius 2 is 1.96 bits per heavy atom. The molecule has 2 fully saturated rings. The lowest BCUT2D eigenvalue weighted by molar-refractivity contribution is -0.124. The molecule has 1 heterocycles. The maximum absolute atomic E-state index is 12.2. The molecule has 2 aliphatic rings. The first-order valence-electron chi connectivity index (χ1n) is 8.33. The summed E-state index contributed by atoms with van der Waals surface area (Å²) in [5.74, 6) is -1.31. The summed E-state index contributed by atoms with van der Waals surface area (Å²) in [4.78, 5) is 35.3. The average Bonchev–Trinajstić information content (AvgIpc) is 2.92. The molecule has 7 heteroatoms. The van der Waals surface area contributed by atoms with Crippen molar-refractivity contribution in [3.8, 4) is 0 Å². The Kier molecular flexibility index (Phi) is 6.15. The van der Waals surface area contributed by atoms with Crippen molar-refractivity contribution in [1.82, 2.24) is 10.6 Å². The fourth-order valence-electron chi connectivity index (χ4n) is 3.27. The molecule has 1 saturated heterocycles. The molecule has 23 heavy (non-hydrogen) atoms. The molecule has 0 aromatic carbocycles. The highest BCUT2D eigenvalue weighted by Gasteiger charge is 2.26. The van der Waals surface area contributed by atoms with Crippen molar-refractivity contribution in [2.75, 3.05) is 6.54 Å². The molecular formula is C16H26N4O3. The highest BCUT2D eigenvalue weighted by atomic mass is 16.2. The molecule has 7 nitrogen and oxygen atoms in total. The van der Waals surface area contributed by atoms with Gasteiger partial charge in [0.2, 0.25) is 11.8 Å². The van der Waals surface area contributed by atoms with E-state index in [9.17, 15) is 14.4 Å². The summed E-state index contributed by atoms with van der Waals surface area (Å²) in [6.07, 6.45) is 8.43. The summed E-state index contributed by atoms with van der Waals surface area (Å²) >= 11 is 0. The lowest BCUT2D eigenvalue weighted by atomic mass is 9.85. The molecule has 0 radical (unpaired) electrons. The molecule has 3 amide bonds. The van der Waals surface area contributed by atoms with Crippen molar-refractivity contribution in [3.63, 3.8) is 0 Å². The highest BCUT2D eigenvalue weighted by Crippen LogP contribution is 2.27. The Bertz CT molecular complexity index is 498. The van der Waals surface area contributed by atoms with E-state index in [-0.39, 0.29) is 11.6 Å². The Hall–Kier alpha value is -1.89. The fraction of sp³-hybridized carbons (Fsp3) is 0.688. The second kappa shape index (κ2) is 8.10. The quantitative estimate of drug-likeness (QED) is 0.509. The molecule has 6 N–H and O–H groups in total. The van der Waals surface area contributed by atoms with Crippen molar-refractivity contribution in [3.05, 3.63) is 11.8 Å². The van der Waals surface area contributed by atoms with Gasteiger partial charge in [0.25, 0.3) is 5.91 Å². The van der Waals surface area contributed by atoms with E-state index >= 15 is 0 Å². The Morgan fingerprint density at radius 1 is 1.26 bits per heavy atom. The molecule has 1 unspecified atom stereocenters. The Labute approximate surface area is 136 Å². The van der Waals surface area contributed by atoms with Crippen LogP contribution in [0.5, 0.6) is 0 Å². The van der Waals surface area contributed by atoms with Gasteiger partial charge in [-0.2, -0.15) is 0 Å². The lowest BCUT2D eigenvalue weighted by Crippen LogP contribution is -2.44. The van der Waals surface area contributed by atoms with E-state index in [1.54, 1.807) is 0 Å². The third-order valence-corrected chi connectivity index (χ3v) is 4.63. The minimum absolute atomic E-state index is 0.0452. The number of amides is 3. The molecule has 0 bridgehead atoms. The molecule has 1 aliphatic carbocycles. The summed E-state index contributed by atoms with van der Waals surface area (Å²) in [5, 5.41) is 5.17. The zero-order chi connectivity index (χ0) is 16.8. The predicted octanol–water partition coefficient (Wildman–Crippen LogP) is -0.0944. The molecule has 0 spiro atoms. The minimum atomic E-state index is -0.761. The summed E-state index contributed by atoms with van der Waals surface area (Å²) in [5.41, 5.74) is 11.2. The zero-order valence-electron chi connectivity index (χ0n) is 13.3. The van der Waals surface area contributed by atoms with Crippen LogP contribution in [0.25, 0.3) is 0 Å². The van der Waals surface area contributed by atoms with Gasteiger partial charge >= 0.3 is 0 Å². The average molecular weight is 322 g/mol. The first-order valence-corrected chi connectivity index (χ1v) is 8.33.